The van der Waals surface area contributed by atoms with Crippen LogP contribution in [0.2, 0.25) is 0 Å². The fraction of sp³-hybridized carbons (Fsp3) is 0.571. The normalized spacial score (nSPS) is 9.68. The molecular formula is C14H24ClNO3. The maximum absolute atomic E-state index is 9.89. The fourth-order valence-electron chi connectivity index (χ4n) is 1.97. The minimum Gasteiger partial charge on any atom is -0.502 e. The van der Waals surface area contributed by atoms with Crippen LogP contribution in [0.5, 0.6) is 17.2 Å². The van der Waals surface area contributed by atoms with Crippen LogP contribution in [0.25, 0.3) is 0 Å². The number of hydrogen-bond donors (Lipinski definition) is 1. The van der Waals surface area contributed by atoms with Gasteiger partial charge in [0, 0.05) is 30.9 Å². The SMILES string of the molecule is CCCN(CCC)c1cc(OC)c(O)c(OC)c1.Cl. The van der Waals surface area contributed by atoms with E-state index in [0.29, 0.717) is 11.5 Å². The van der Waals surface area contributed by atoms with Crippen molar-refractivity contribution in [3.63, 3.8) is 0 Å². The third-order valence-electron chi connectivity index (χ3n) is 2.82. The highest BCUT2D eigenvalue weighted by Crippen LogP contribution is 2.40. The lowest BCUT2D eigenvalue weighted by atomic mass is 10.2. The summed E-state index contributed by atoms with van der Waals surface area (Å²) in [5, 5.41) is 9.89. The van der Waals surface area contributed by atoms with Gasteiger partial charge in [0.25, 0.3) is 0 Å². The molecule has 0 saturated heterocycles. The van der Waals surface area contributed by atoms with Crippen LogP contribution in [0.15, 0.2) is 12.1 Å². The summed E-state index contributed by atoms with van der Waals surface area (Å²) in [4.78, 5) is 2.27. The number of hydrogen-bond acceptors (Lipinski definition) is 4. The largest absolute Gasteiger partial charge is 0.502 e. The summed E-state index contributed by atoms with van der Waals surface area (Å²) in [6.07, 6.45) is 2.15. The molecule has 0 radical (unpaired) electrons. The molecule has 0 bridgehead atoms. The van der Waals surface area contributed by atoms with E-state index in [1.54, 1.807) is 14.2 Å². The average molecular weight is 290 g/mol. The molecule has 0 aromatic heterocycles. The van der Waals surface area contributed by atoms with Crippen LogP contribution in [0.3, 0.4) is 0 Å². The molecule has 5 heteroatoms. The van der Waals surface area contributed by atoms with Crippen molar-refractivity contribution in [1.29, 1.82) is 0 Å². The van der Waals surface area contributed by atoms with Gasteiger partial charge in [0.1, 0.15) is 0 Å². The number of rotatable bonds is 7. The Morgan fingerprint density at radius 2 is 1.42 bits per heavy atom. The summed E-state index contributed by atoms with van der Waals surface area (Å²) in [6, 6.07) is 3.70. The maximum atomic E-state index is 9.89. The Kier molecular flexibility index (Phi) is 8.16. The number of benzene rings is 1. The Hall–Kier alpha value is -1.29. The minimum absolute atomic E-state index is 0. The molecule has 1 rings (SSSR count). The van der Waals surface area contributed by atoms with E-state index < -0.39 is 0 Å². The molecule has 0 fully saturated rings. The zero-order valence-corrected chi connectivity index (χ0v) is 12.9. The predicted molar refractivity (Wildman–Crippen MR) is 81.3 cm³/mol. The summed E-state index contributed by atoms with van der Waals surface area (Å²) in [6.45, 7) is 6.25. The Morgan fingerprint density at radius 1 is 1.00 bits per heavy atom. The molecule has 0 unspecified atom stereocenters. The van der Waals surface area contributed by atoms with Gasteiger partial charge in [-0.2, -0.15) is 0 Å². The van der Waals surface area contributed by atoms with Crippen LogP contribution in [0, 0.1) is 0 Å². The highest BCUT2D eigenvalue weighted by Gasteiger charge is 2.14. The van der Waals surface area contributed by atoms with E-state index in [9.17, 15) is 5.11 Å². The first kappa shape index (κ1) is 17.7. The smallest absolute Gasteiger partial charge is 0.200 e. The van der Waals surface area contributed by atoms with Crippen LogP contribution in [-0.2, 0) is 0 Å². The van der Waals surface area contributed by atoms with Crippen LogP contribution < -0.4 is 14.4 Å². The van der Waals surface area contributed by atoms with Crippen molar-refractivity contribution < 1.29 is 14.6 Å². The van der Waals surface area contributed by atoms with E-state index in [1.165, 1.54) is 0 Å². The summed E-state index contributed by atoms with van der Waals surface area (Å²) < 4.78 is 10.4. The van der Waals surface area contributed by atoms with Gasteiger partial charge < -0.3 is 19.5 Å². The molecule has 0 aliphatic rings. The van der Waals surface area contributed by atoms with Crippen molar-refractivity contribution in [2.24, 2.45) is 0 Å². The fourth-order valence-corrected chi connectivity index (χ4v) is 1.97. The summed E-state index contributed by atoms with van der Waals surface area (Å²) >= 11 is 0. The first-order chi connectivity index (χ1) is 8.67. The Balaban J connectivity index is 0.00000324. The maximum Gasteiger partial charge on any atom is 0.200 e. The summed E-state index contributed by atoms with van der Waals surface area (Å²) in [5.74, 6) is 0.944. The molecule has 1 aromatic carbocycles. The van der Waals surface area contributed by atoms with Gasteiger partial charge in [-0.1, -0.05) is 13.8 Å². The first-order valence-corrected chi connectivity index (χ1v) is 6.37. The Morgan fingerprint density at radius 3 is 1.74 bits per heavy atom. The number of methoxy groups -OCH3 is 2. The number of nitrogens with zero attached hydrogens (tertiary/aromatic N) is 1. The molecule has 0 amide bonds. The zero-order chi connectivity index (χ0) is 13.5. The molecule has 1 N–H and O–H groups in total. The van der Waals surface area contributed by atoms with E-state index >= 15 is 0 Å². The molecule has 0 atom stereocenters. The lowest BCUT2D eigenvalue weighted by Crippen LogP contribution is -2.24. The molecule has 4 nitrogen and oxygen atoms in total. The number of anilines is 1. The van der Waals surface area contributed by atoms with Gasteiger partial charge in [-0.15, -0.1) is 12.4 Å². The van der Waals surface area contributed by atoms with Crippen LogP contribution in [-0.4, -0.2) is 32.4 Å². The van der Waals surface area contributed by atoms with Crippen LogP contribution in [0.1, 0.15) is 26.7 Å². The second-order valence-electron chi connectivity index (χ2n) is 4.19. The second-order valence-corrected chi connectivity index (χ2v) is 4.19. The van der Waals surface area contributed by atoms with Gasteiger partial charge in [-0.25, -0.2) is 0 Å². The Bertz CT molecular complexity index is 354. The van der Waals surface area contributed by atoms with E-state index in [2.05, 4.69) is 18.7 Å². The van der Waals surface area contributed by atoms with E-state index in [-0.39, 0.29) is 18.2 Å². The molecule has 0 aliphatic carbocycles. The zero-order valence-electron chi connectivity index (χ0n) is 12.1. The predicted octanol–water partition coefficient (Wildman–Crippen LogP) is 3.46. The molecule has 0 spiro atoms. The molecule has 1 aromatic rings. The standard InChI is InChI=1S/C14H23NO3.ClH/c1-5-7-15(8-6-2)11-9-12(17-3)14(16)13(10-11)18-4;/h9-10,16H,5-8H2,1-4H3;1H. The molecule has 0 saturated carbocycles. The number of ether oxygens (including phenoxy) is 2. The van der Waals surface area contributed by atoms with Crippen molar-refractivity contribution in [1.82, 2.24) is 0 Å². The lowest BCUT2D eigenvalue weighted by molar-refractivity contribution is 0.340. The van der Waals surface area contributed by atoms with Crippen molar-refractivity contribution >= 4 is 18.1 Å². The van der Waals surface area contributed by atoms with Gasteiger partial charge in [0.15, 0.2) is 11.5 Å². The third-order valence-corrected chi connectivity index (χ3v) is 2.82. The molecule has 19 heavy (non-hydrogen) atoms. The van der Waals surface area contributed by atoms with E-state index in [1.807, 2.05) is 12.1 Å². The van der Waals surface area contributed by atoms with Crippen molar-refractivity contribution in [3.05, 3.63) is 12.1 Å². The lowest BCUT2D eigenvalue weighted by Gasteiger charge is -2.25. The number of halogens is 1. The third kappa shape index (κ3) is 4.39. The number of phenols is 1. The second kappa shape index (κ2) is 8.75. The van der Waals surface area contributed by atoms with E-state index in [4.69, 9.17) is 9.47 Å². The van der Waals surface area contributed by atoms with Crippen molar-refractivity contribution in [2.75, 3.05) is 32.2 Å². The molecule has 110 valence electrons. The van der Waals surface area contributed by atoms with Gasteiger partial charge in [0.05, 0.1) is 14.2 Å². The topological polar surface area (TPSA) is 41.9 Å². The van der Waals surface area contributed by atoms with Crippen LogP contribution >= 0.6 is 12.4 Å². The van der Waals surface area contributed by atoms with Gasteiger partial charge in [-0.3, -0.25) is 0 Å². The number of phenolic OH excluding ortho intramolecular Hbond substituents is 1. The molecule has 0 heterocycles. The first-order valence-electron chi connectivity index (χ1n) is 6.37. The minimum atomic E-state index is 0. The monoisotopic (exact) mass is 289 g/mol. The van der Waals surface area contributed by atoms with Crippen molar-refractivity contribution in [2.45, 2.75) is 26.7 Å². The molecule has 0 aliphatic heterocycles. The van der Waals surface area contributed by atoms with Gasteiger partial charge in [-0.05, 0) is 12.8 Å². The number of aromatic hydroxyl groups is 1. The molecular weight excluding hydrogens is 266 g/mol. The van der Waals surface area contributed by atoms with E-state index in [0.717, 1.165) is 31.6 Å². The summed E-state index contributed by atoms with van der Waals surface area (Å²) in [5.41, 5.74) is 1.02. The van der Waals surface area contributed by atoms with Gasteiger partial charge >= 0.3 is 0 Å². The highest BCUT2D eigenvalue weighted by atomic mass is 35.5. The quantitative estimate of drug-likeness (QED) is 0.835. The van der Waals surface area contributed by atoms with Gasteiger partial charge in [0.2, 0.25) is 5.75 Å². The highest BCUT2D eigenvalue weighted by molar-refractivity contribution is 5.85. The Labute approximate surface area is 121 Å². The summed E-state index contributed by atoms with van der Waals surface area (Å²) in [7, 11) is 3.09. The van der Waals surface area contributed by atoms with Crippen molar-refractivity contribution in [3.8, 4) is 17.2 Å². The van der Waals surface area contributed by atoms with Crippen LogP contribution in [0.4, 0.5) is 5.69 Å². The average Bonchev–Trinajstić information content (AvgIpc) is 2.39.